The first-order chi connectivity index (χ1) is 10.6. The van der Waals surface area contributed by atoms with Crippen molar-refractivity contribution in [1.82, 2.24) is 0 Å². The SMILES string of the molecule is O=C(Nc1ccc(F)c(Cl)c1)C(F)(F)C(F)(F)C(F)(F)C(F)(F)F. The Morgan fingerprint density at radius 3 is 1.83 bits per heavy atom. The van der Waals surface area contributed by atoms with Crippen molar-refractivity contribution < 1.29 is 48.7 Å². The summed E-state index contributed by atoms with van der Waals surface area (Å²) < 4.78 is 126. The van der Waals surface area contributed by atoms with Crippen LogP contribution < -0.4 is 5.32 Å². The Balaban J connectivity index is 3.17. The summed E-state index contributed by atoms with van der Waals surface area (Å²) in [4.78, 5) is 11.1. The topological polar surface area (TPSA) is 29.1 Å². The molecule has 0 saturated carbocycles. The zero-order chi connectivity index (χ0) is 19.1. The predicted octanol–water partition coefficient (Wildman–Crippen LogP) is 4.89. The molecule has 0 atom stereocenters. The van der Waals surface area contributed by atoms with Gasteiger partial charge in [-0.05, 0) is 18.2 Å². The van der Waals surface area contributed by atoms with E-state index in [1.54, 1.807) is 0 Å². The molecule has 0 aliphatic rings. The zero-order valence-corrected chi connectivity index (χ0v) is 11.6. The van der Waals surface area contributed by atoms with E-state index in [2.05, 4.69) is 0 Å². The molecule has 13 heteroatoms. The molecule has 0 fully saturated rings. The average Bonchev–Trinajstić information content (AvgIpc) is 2.41. The summed E-state index contributed by atoms with van der Waals surface area (Å²) in [5, 5.41) is 0.199. The Morgan fingerprint density at radius 1 is 0.917 bits per heavy atom. The number of halogens is 11. The molecule has 2 nitrogen and oxygen atoms in total. The molecule has 24 heavy (non-hydrogen) atoms. The third-order valence-corrected chi connectivity index (χ3v) is 2.90. The monoisotopic (exact) mass is 391 g/mol. The number of carbonyl (C=O) groups excluding carboxylic acids is 1. The summed E-state index contributed by atoms with van der Waals surface area (Å²) in [5.74, 6) is -25.0. The molecular formula is C11H4ClF10NO. The van der Waals surface area contributed by atoms with E-state index in [9.17, 15) is 48.7 Å². The number of rotatable bonds is 4. The van der Waals surface area contributed by atoms with Gasteiger partial charge < -0.3 is 5.32 Å². The Kier molecular flexibility index (Phi) is 5.06. The zero-order valence-electron chi connectivity index (χ0n) is 10.8. The number of nitrogens with one attached hydrogen (secondary N) is 1. The number of anilines is 1. The minimum Gasteiger partial charge on any atom is -0.321 e. The number of amides is 1. The Hall–Kier alpha value is -1.72. The molecule has 0 saturated heterocycles. The van der Waals surface area contributed by atoms with E-state index in [1.807, 2.05) is 0 Å². The van der Waals surface area contributed by atoms with E-state index in [0.29, 0.717) is 18.2 Å². The third kappa shape index (κ3) is 3.23. The number of hydrogen-bond donors (Lipinski definition) is 1. The van der Waals surface area contributed by atoms with Gasteiger partial charge in [0.2, 0.25) is 0 Å². The standard InChI is InChI=1S/C11H4ClF10NO/c12-5-3-4(1-2-6(5)13)23-7(24)8(14,15)9(16,17)10(18,19)11(20,21)22/h1-3H,(H,23,24). The van der Waals surface area contributed by atoms with Crippen molar-refractivity contribution in [3.05, 3.63) is 29.0 Å². The van der Waals surface area contributed by atoms with Gasteiger partial charge in [0.05, 0.1) is 5.02 Å². The molecule has 0 radical (unpaired) electrons. The maximum absolute atomic E-state index is 13.2. The maximum atomic E-state index is 13.2. The molecular weight excluding hydrogens is 388 g/mol. The maximum Gasteiger partial charge on any atom is 0.460 e. The number of alkyl halides is 9. The molecule has 0 bridgehead atoms. The van der Waals surface area contributed by atoms with Crippen molar-refractivity contribution in [2.24, 2.45) is 0 Å². The van der Waals surface area contributed by atoms with Gasteiger partial charge in [0.15, 0.2) is 0 Å². The van der Waals surface area contributed by atoms with E-state index in [0.717, 1.165) is 5.32 Å². The summed E-state index contributed by atoms with van der Waals surface area (Å²) in [7, 11) is 0. The van der Waals surface area contributed by atoms with Crippen LogP contribution in [0.1, 0.15) is 0 Å². The first-order valence-corrected chi connectivity index (χ1v) is 5.90. The van der Waals surface area contributed by atoms with Crippen LogP contribution in [0.5, 0.6) is 0 Å². The largest absolute Gasteiger partial charge is 0.460 e. The van der Waals surface area contributed by atoms with Crippen LogP contribution in [0, 0.1) is 5.82 Å². The molecule has 0 heterocycles. The van der Waals surface area contributed by atoms with Crippen LogP contribution >= 0.6 is 11.6 Å². The van der Waals surface area contributed by atoms with E-state index < -0.39 is 46.4 Å². The Labute approximate surface area is 131 Å². The van der Waals surface area contributed by atoms with Gasteiger partial charge in [-0.2, -0.15) is 39.5 Å². The lowest BCUT2D eigenvalue weighted by Gasteiger charge is -2.32. The molecule has 1 rings (SSSR count). The van der Waals surface area contributed by atoms with Crippen LogP contribution in [0.15, 0.2) is 18.2 Å². The highest BCUT2D eigenvalue weighted by Crippen LogP contribution is 2.53. The summed E-state index contributed by atoms with van der Waals surface area (Å²) in [6.45, 7) is 0. The third-order valence-electron chi connectivity index (χ3n) is 2.61. The van der Waals surface area contributed by atoms with Crippen LogP contribution in [0.2, 0.25) is 5.02 Å². The molecule has 1 N–H and O–H groups in total. The van der Waals surface area contributed by atoms with Gasteiger partial charge in [0.25, 0.3) is 0 Å². The average molecular weight is 392 g/mol. The fourth-order valence-corrected chi connectivity index (χ4v) is 1.48. The summed E-state index contributed by atoms with van der Waals surface area (Å²) in [5.41, 5.74) is -0.836. The van der Waals surface area contributed by atoms with E-state index in [4.69, 9.17) is 11.6 Å². The minimum absolute atomic E-state index is 0.449. The molecule has 136 valence electrons. The highest BCUT2D eigenvalue weighted by Gasteiger charge is 2.83. The van der Waals surface area contributed by atoms with Crippen LogP contribution in [0.4, 0.5) is 49.6 Å². The minimum atomic E-state index is -7.19. The molecule has 1 amide bonds. The van der Waals surface area contributed by atoms with Gasteiger partial charge in [-0.3, -0.25) is 4.79 Å². The van der Waals surface area contributed by atoms with Gasteiger partial charge in [0.1, 0.15) is 5.82 Å². The van der Waals surface area contributed by atoms with Gasteiger partial charge >= 0.3 is 29.9 Å². The smallest absolute Gasteiger partial charge is 0.321 e. The summed E-state index contributed by atoms with van der Waals surface area (Å²) in [6.07, 6.45) is -7.04. The van der Waals surface area contributed by atoms with Gasteiger partial charge in [-0.1, -0.05) is 11.6 Å². The van der Waals surface area contributed by atoms with Gasteiger partial charge in [0, 0.05) is 5.69 Å². The van der Waals surface area contributed by atoms with E-state index in [-0.39, 0.29) is 0 Å². The van der Waals surface area contributed by atoms with E-state index >= 15 is 0 Å². The normalized spacial score (nSPS) is 13.8. The first kappa shape index (κ1) is 20.3. The second-order valence-electron chi connectivity index (χ2n) is 4.30. The molecule has 1 aromatic rings. The van der Waals surface area contributed by atoms with Gasteiger partial charge in [-0.15, -0.1) is 0 Å². The van der Waals surface area contributed by atoms with Crippen molar-refractivity contribution in [2.75, 3.05) is 5.32 Å². The van der Waals surface area contributed by atoms with Crippen LogP contribution in [0.3, 0.4) is 0 Å². The number of hydrogen-bond acceptors (Lipinski definition) is 1. The molecule has 0 spiro atoms. The molecule has 1 aromatic carbocycles. The van der Waals surface area contributed by atoms with Crippen molar-refractivity contribution in [1.29, 1.82) is 0 Å². The lowest BCUT2D eigenvalue weighted by molar-refractivity contribution is -0.388. The van der Waals surface area contributed by atoms with Crippen LogP contribution in [-0.4, -0.2) is 29.9 Å². The molecule has 0 aliphatic carbocycles. The number of benzene rings is 1. The lowest BCUT2D eigenvalue weighted by Crippen LogP contribution is -2.64. The molecule has 0 aliphatic heterocycles. The fourth-order valence-electron chi connectivity index (χ4n) is 1.30. The van der Waals surface area contributed by atoms with E-state index in [1.165, 1.54) is 0 Å². The van der Waals surface area contributed by atoms with Crippen molar-refractivity contribution in [3.63, 3.8) is 0 Å². The fraction of sp³-hybridized carbons (Fsp3) is 0.364. The van der Waals surface area contributed by atoms with Crippen LogP contribution in [-0.2, 0) is 4.79 Å². The van der Waals surface area contributed by atoms with Crippen molar-refractivity contribution in [3.8, 4) is 0 Å². The summed E-state index contributed by atoms with van der Waals surface area (Å²) >= 11 is 5.20. The predicted molar refractivity (Wildman–Crippen MR) is 60.9 cm³/mol. The van der Waals surface area contributed by atoms with Crippen molar-refractivity contribution in [2.45, 2.75) is 23.9 Å². The van der Waals surface area contributed by atoms with Crippen LogP contribution in [0.25, 0.3) is 0 Å². The lowest BCUT2D eigenvalue weighted by atomic mass is 10.0. The summed E-state index contributed by atoms with van der Waals surface area (Å²) in [6, 6.07) is 1.48. The second kappa shape index (κ2) is 5.97. The quantitative estimate of drug-likeness (QED) is 0.728. The van der Waals surface area contributed by atoms with Gasteiger partial charge in [-0.25, -0.2) is 4.39 Å². The molecule has 0 aromatic heterocycles. The molecule has 0 unspecified atom stereocenters. The highest BCUT2D eigenvalue weighted by molar-refractivity contribution is 6.31. The highest BCUT2D eigenvalue weighted by atomic mass is 35.5. The number of carbonyl (C=O) groups is 1. The second-order valence-corrected chi connectivity index (χ2v) is 4.71. The first-order valence-electron chi connectivity index (χ1n) is 5.52. The Morgan fingerprint density at radius 2 is 1.42 bits per heavy atom. The Bertz CT molecular complexity index is 642. The van der Waals surface area contributed by atoms with Crippen molar-refractivity contribution >= 4 is 23.2 Å².